The van der Waals surface area contributed by atoms with E-state index in [0.29, 0.717) is 25.9 Å². The summed E-state index contributed by atoms with van der Waals surface area (Å²) in [4.78, 5) is 24.4. The number of unbranched alkanes of at least 4 members (excludes halogenated alkanes) is 43. The number of carbonyl (C=O) groups is 2. The van der Waals surface area contributed by atoms with Gasteiger partial charge in [-0.15, -0.1) is 0 Å². The van der Waals surface area contributed by atoms with Crippen LogP contribution in [-0.4, -0.2) is 47.4 Å². The summed E-state index contributed by atoms with van der Waals surface area (Å²) >= 11 is 0. The van der Waals surface area contributed by atoms with Gasteiger partial charge in [0.2, 0.25) is 5.91 Å². The van der Waals surface area contributed by atoms with Gasteiger partial charge in [-0.3, -0.25) is 9.59 Å². The Labute approximate surface area is 431 Å². The van der Waals surface area contributed by atoms with Crippen molar-refractivity contribution < 1.29 is 24.5 Å². The van der Waals surface area contributed by atoms with E-state index in [4.69, 9.17) is 4.74 Å². The SMILES string of the molecule is CCCCCC/C=C\CCCCCCCC(=O)OCCCCCCCCCCCCCC/C=C\CCCCCCCCCCCCCCCCC(=O)NC(CO)C(O)CCCCCCCCCCC. The van der Waals surface area contributed by atoms with Crippen LogP contribution in [0.1, 0.15) is 341 Å². The molecule has 0 bridgehead atoms. The van der Waals surface area contributed by atoms with E-state index in [0.717, 1.165) is 44.9 Å². The van der Waals surface area contributed by atoms with E-state index in [1.54, 1.807) is 0 Å². The lowest BCUT2D eigenvalue weighted by Gasteiger charge is -2.22. The third-order valence-corrected chi connectivity index (χ3v) is 14.5. The molecule has 2 atom stereocenters. The lowest BCUT2D eigenvalue weighted by Crippen LogP contribution is -2.45. The Hall–Kier alpha value is -1.66. The van der Waals surface area contributed by atoms with Gasteiger partial charge in [0, 0.05) is 12.8 Å². The molecule has 3 N–H and O–H groups in total. The molecule has 0 aliphatic carbocycles. The van der Waals surface area contributed by atoms with Crippen LogP contribution in [0.25, 0.3) is 0 Å². The molecule has 6 heteroatoms. The van der Waals surface area contributed by atoms with Crippen LogP contribution in [0.5, 0.6) is 0 Å². The second-order valence-corrected chi connectivity index (χ2v) is 21.4. The molecule has 69 heavy (non-hydrogen) atoms. The minimum absolute atomic E-state index is 0.00787. The highest BCUT2D eigenvalue weighted by molar-refractivity contribution is 5.76. The molecular formula is C63H121NO5. The molecule has 0 aliphatic rings. The molecule has 0 aliphatic heterocycles. The number of aliphatic hydroxyl groups is 2. The number of rotatable bonds is 58. The Bertz CT molecular complexity index is 1080. The molecule has 1 amide bonds. The topological polar surface area (TPSA) is 95.9 Å². The average Bonchev–Trinajstić information content (AvgIpc) is 3.35. The number of esters is 1. The van der Waals surface area contributed by atoms with Crippen molar-refractivity contribution in [1.29, 1.82) is 0 Å². The maximum Gasteiger partial charge on any atom is 0.305 e. The van der Waals surface area contributed by atoms with Gasteiger partial charge < -0.3 is 20.3 Å². The van der Waals surface area contributed by atoms with E-state index in [1.807, 2.05) is 0 Å². The summed E-state index contributed by atoms with van der Waals surface area (Å²) in [5.74, 6) is -0.0270. The maximum atomic E-state index is 12.4. The summed E-state index contributed by atoms with van der Waals surface area (Å²) in [5, 5.41) is 23.1. The summed E-state index contributed by atoms with van der Waals surface area (Å²) in [6, 6.07) is -0.537. The third-order valence-electron chi connectivity index (χ3n) is 14.5. The molecule has 408 valence electrons. The van der Waals surface area contributed by atoms with Crippen molar-refractivity contribution in [1.82, 2.24) is 5.32 Å². The molecule has 6 nitrogen and oxygen atoms in total. The molecule has 2 unspecified atom stereocenters. The molecule has 0 fully saturated rings. The van der Waals surface area contributed by atoms with E-state index in [-0.39, 0.29) is 18.5 Å². The summed E-state index contributed by atoms with van der Waals surface area (Å²) in [6.07, 6.45) is 72.1. The summed E-state index contributed by atoms with van der Waals surface area (Å²) in [7, 11) is 0. The number of ether oxygens (including phenoxy) is 1. The quantitative estimate of drug-likeness (QED) is 0.0321. The molecular weight excluding hydrogens is 851 g/mol. The largest absolute Gasteiger partial charge is 0.466 e. The van der Waals surface area contributed by atoms with Gasteiger partial charge >= 0.3 is 5.97 Å². The van der Waals surface area contributed by atoms with Crippen LogP contribution >= 0.6 is 0 Å². The van der Waals surface area contributed by atoms with E-state index >= 15 is 0 Å². The smallest absolute Gasteiger partial charge is 0.305 e. The fourth-order valence-electron chi connectivity index (χ4n) is 9.69. The Balaban J connectivity index is 3.33. The van der Waals surface area contributed by atoms with Gasteiger partial charge in [0.05, 0.1) is 25.4 Å². The van der Waals surface area contributed by atoms with Gasteiger partial charge in [-0.1, -0.05) is 276 Å². The highest BCUT2D eigenvalue weighted by atomic mass is 16.5. The van der Waals surface area contributed by atoms with E-state index in [9.17, 15) is 19.8 Å². The van der Waals surface area contributed by atoms with Gasteiger partial charge in [0.15, 0.2) is 0 Å². The zero-order valence-electron chi connectivity index (χ0n) is 46.6. The van der Waals surface area contributed by atoms with Crippen LogP contribution in [-0.2, 0) is 14.3 Å². The molecule has 0 aromatic carbocycles. The first-order valence-electron chi connectivity index (χ1n) is 31.1. The number of hydrogen-bond acceptors (Lipinski definition) is 5. The number of hydrogen-bond donors (Lipinski definition) is 3. The van der Waals surface area contributed by atoms with Crippen LogP contribution in [0.4, 0.5) is 0 Å². The van der Waals surface area contributed by atoms with Crippen molar-refractivity contribution >= 4 is 11.9 Å². The van der Waals surface area contributed by atoms with Crippen molar-refractivity contribution in [2.45, 2.75) is 353 Å². The van der Waals surface area contributed by atoms with E-state index in [2.05, 4.69) is 43.5 Å². The van der Waals surface area contributed by atoms with Gasteiger partial charge in [-0.25, -0.2) is 0 Å². The van der Waals surface area contributed by atoms with Crippen molar-refractivity contribution in [3.05, 3.63) is 24.3 Å². The zero-order valence-corrected chi connectivity index (χ0v) is 46.6. The highest BCUT2D eigenvalue weighted by Gasteiger charge is 2.20. The number of allylic oxidation sites excluding steroid dienone is 4. The molecule has 0 radical (unpaired) electrons. The van der Waals surface area contributed by atoms with Crippen LogP contribution in [0, 0.1) is 0 Å². The third kappa shape index (κ3) is 55.5. The first-order valence-corrected chi connectivity index (χ1v) is 31.1. The van der Waals surface area contributed by atoms with Crippen molar-refractivity contribution in [2.24, 2.45) is 0 Å². The number of carbonyl (C=O) groups excluding carboxylic acids is 2. The first-order chi connectivity index (χ1) is 34.0. The highest BCUT2D eigenvalue weighted by Crippen LogP contribution is 2.17. The number of nitrogens with one attached hydrogen (secondary N) is 1. The fraction of sp³-hybridized carbons (Fsp3) is 0.905. The Morgan fingerprint density at radius 3 is 1.04 bits per heavy atom. The Morgan fingerprint density at radius 2 is 0.681 bits per heavy atom. The molecule has 0 aromatic rings. The van der Waals surface area contributed by atoms with Crippen molar-refractivity contribution in [3.63, 3.8) is 0 Å². The maximum absolute atomic E-state index is 12.4. The lowest BCUT2D eigenvalue weighted by atomic mass is 10.0. The zero-order chi connectivity index (χ0) is 50.0. The Kier molecular flexibility index (Phi) is 57.5. The minimum Gasteiger partial charge on any atom is -0.466 e. The minimum atomic E-state index is -0.660. The predicted molar refractivity (Wildman–Crippen MR) is 301 cm³/mol. The van der Waals surface area contributed by atoms with Crippen LogP contribution in [0.2, 0.25) is 0 Å². The van der Waals surface area contributed by atoms with Gasteiger partial charge in [-0.2, -0.15) is 0 Å². The van der Waals surface area contributed by atoms with E-state index < -0.39 is 12.1 Å². The summed E-state index contributed by atoms with van der Waals surface area (Å²) in [5.41, 5.74) is 0. The molecule has 0 heterocycles. The standard InChI is InChI=1S/C63H121NO5/c1-3-5-7-9-11-13-14-33-37-41-45-49-53-57-63(68)69-58-54-50-46-42-38-35-32-30-28-26-24-22-20-18-16-15-17-19-21-23-25-27-29-31-34-36-40-44-48-52-56-62(67)64-60(59-65)61(66)55-51-47-43-39-12-10-8-6-4-2/h13-14,16,18,60-61,65-66H,3-12,15,17,19-59H2,1-2H3,(H,64,67)/b14-13-,18-16-. The second-order valence-electron chi connectivity index (χ2n) is 21.4. The molecule has 0 saturated heterocycles. The lowest BCUT2D eigenvalue weighted by molar-refractivity contribution is -0.143. The van der Waals surface area contributed by atoms with Gasteiger partial charge in [0.1, 0.15) is 0 Å². The van der Waals surface area contributed by atoms with E-state index in [1.165, 1.54) is 263 Å². The van der Waals surface area contributed by atoms with Gasteiger partial charge in [0.25, 0.3) is 0 Å². The van der Waals surface area contributed by atoms with Gasteiger partial charge in [-0.05, 0) is 77.0 Å². The molecule has 0 rings (SSSR count). The fourth-order valence-corrected chi connectivity index (χ4v) is 9.69. The number of amides is 1. The van der Waals surface area contributed by atoms with Crippen LogP contribution in [0.3, 0.4) is 0 Å². The van der Waals surface area contributed by atoms with Crippen molar-refractivity contribution in [3.8, 4) is 0 Å². The van der Waals surface area contributed by atoms with Crippen molar-refractivity contribution in [2.75, 3.05) is 13.2 Å². The average molecular weight is 973 g/mol. The summed E-state index contributed by atoms with van der Waals surface area (Å²) in [6.45, 7) is 4.93. The predicted octanol–water partition coefficient (Wildman–Crippen LogP) is 19.4. The Morgan fingerprint density at radius 1 is 0.391 bits per heavy atom. The normalized spacial score (nSPS) is 12.7. The second kappa shape index (κ2) is 58.9. The molecule has 0 aromatic heterocycles. The number of aliphatic hydroxyl groups excluding tert-OH is 2. The first kappa shape index (κ1) is 67.3. The monoisotopic (exact) mass is 972 g/mol. The summed E-state index contributed by atoms with van der Waals surface area (Å²) < 4.78 is 5.47. The van der Waals surface area contributed by atoms with Crippen LogP contribution < -0.4 is 5.32 Å². The molecule has 0 spiro atoms. The molecule has 0 saturated carbocycles. The van der Waals surface area contributed by atoms with Crippen LogP contribution in [0.15, 0.2) is 24.3 Å².